The molecule has 0 unspecified atom stereocenters. The van der Waals surface area contributed by atoms with Crippen molar-refractivity contribution in [1.82, 2.24) is 19.7 Å². The summed E-state index contributed by atoms with van der Waals surface area (Å²) in [6.07, 6.45) is 3.34. The van der Waals surface area contributed by atoms with E-state index in [2.05, 4.69) is 25.3 Å². The molecule has 0 aliphatic heterocycles. The molecule has 0 aliphatic carbocycles. The highest BCUT2D eigenvalue weighted by molar-refractivity contribution is 7.12. The number of nitrogens with zero attached hydrogens (tertiary/aromatic N) is 5. The summed E-state index contributed by atoms with van der Waals surface area (Å²) in [5.74, 6) is 0.597. The van der Waals surface area contributed by atoms with E-state index in [4.69, 9.17) is 4.74 Å². The van der Waals surface area contributed by atoms with Crippen LogP contribution in [-0.4, -0.2) is 26.4 Å². The lowest BCUT2D eigenvalue weighted by Gasteiger charge is -2.04. The van der Waals surface area contributed by atoms with E-state index < -0.39 is 0 Å². The minimum absolute atomic E-state index is 0.163. The first-order valence-corrected chi connectivity index (χ1v) is 11.5. The van der Waals surface area contributed by atoms with E-state index in [0.29, 0.717) is 34.4 Å². The van der Waals surface area contributed by atoms with Crippen molar-refractivity contribution in [3.8, 4) is 33.4 Å². The molecule has 3 aromatic heterocycles. The van der Waals surface area contributed by atoms with Gasteiger partial charge in [-0.05, 0) is 31.2 Å². The first-order chi connectivity index (χ1) is 16.7. The highest BCUT2D eigenvalue weighted by Crippen LogP contribution is 2.32. The Morgan fingerprint density at radius 3 is 2.59 bits per heavy atom. The quantitative estimate of drug-likeness (QED) is 0.289. The van der Waals surface area contributed by atoms with Gasteiger partial charge in [0.2, 0.25) is 5.13 Å². The molecule has 0 aliphatic rings. The first-order valence-electron chi connectivity index (χ1n) is 10.6. The summed E-state index contributed by atoms with van der Waals surface area (Å²) in [5.41, 5.74) is 3.33. The number of pyridine rings is 1. The summed E-state index contributed by atoms with van der Waals surface area (Å²) in [6.45, 7) is 2.40. The summed E-state index contributed by atoms with van der Waals surface area (Å²) >= 11 is 1.37. The van der Waals surface area contributed by atoms with E-state index in [0.717, 1.165) is 11.3 Å². The van der Waals surface area contributed by atoms with E-state index >= 15 is 0 Å². The Kier molecular flexibility index (Phi) is 6.09. The molecule has 0 atom stereocenters. The van der Waals surface area contributed by atoms with Crippen LogP contribution in [0.1, 0.15) is 6.92 Å². The van der Waals surface area contributed by atoms with E-state index in [1.165, 1.54) is 16.0 Å². The summed E-state index contributed by atoms with van der Waals surface area (Å²) in [4.78, 5) is 22.3. The zero-order valence-corrected chi connectivity index (χ0v) is 19.1. The number of benzene rings is 2. The number of H-pyrrole nitrogens is 1. The van der Waals surface area contributed by atoms with E-state index in [1.807, 2.05) is 66.9 Å². The minimum Gasteiger partial charge on any atom is -0.492 e. The van der Waals surface area contributed by atoms with Crippen LogP contribution in [0.2, 0.25) is 0 Å². The number of thiazole rings is 1. The van der Waals surface area contributed by atoms with Gasteiger partial charge in [-0.25, -0.2) is 4.98 Å². The van der Waals surface area contributed by atoms with Crippen LogP contribution < -0.4 is 10.3 Å². The lowest BCUT2D eigenvalue weighted by atomic mass is 10.2. The van der Waals surface area contributed by atoms with Crippen LogP contribution in [0.15, 0.2) is 99.5 Å². The fraction of sp³-hybridized carbons (Fsp3) is 0.0800. The van der Waals surface area contributed by atoms with Gasteiger partial charge in [0.15, 0.2) is 5.69 Å². The topological polar surface area (TPSA) is 97.5 Å². The Morgan fingerprint density at radius 1 is 1.00 bits per heavy atom. The molecule has 168 valence electrons. The molecule has 3 heterocycles. The molecule has 0 radical (unpaired) electrons. The molecule has 2 aromatic carbocycles. The van der Waals surface area contributed by atoms with Crippen LogP contribution in [0.4, 0.5) is 11.4 Å². The number of hydrogen-bond acceptors (Lipinski definition) is 7. The molecular formula is C25H20N6O2S. The predicted molar refractivity (Wildman–Crippen MR) is 133 cm³/mol. The number of nitrogens with one attached hydrogen (secondary N) is 1. The Labute approximate surface area is 199 Å². The number of aromatic amines is 1. The van der Waals surface area contributed by atoms with Gasteiger partial charge in [0.1, 0.15) is 11.4 Å². The lowest BCUT2D eigenvalue weighted by molar-refractivity contribution is 0.341. The van der Waals surface area contributed by atoms with Crippen LogP contribution in [0.3, 0.4) is 0 Å². The maximum atomic E-state index is 13.4. The highest BCUT2D eigenvalue weighted by atomic mass is 32.1. The number of aromatic nitrogens is 4. The molecule has 1 N–H and O–H groups in total. The first kappa shape index (κ1) is 21.5. The lowest BCUT2D eigenvalue weighted by Crippen LogP contribution is -2.13. The van der Waals surface area contributed by atoms with Gasteiger partial charge in [-0.15, -0.1) is 21.6 Å². The molecule has 8 nitrogen and oxygen atoms in total. The van der Waals surface area contributed by atoms with Crippen LogP contribution in [0.5, 0.6) is 5.75 Å². The molecule has 0 fully saturated rings. The van der Waals surface area contributed by atoms with E-state index in [-0.39, 0.29) is 11.2 Å². The maximum Gasteiger partial charge on any atom is 0.301 e. The average molecular weight is 469 g/mol. The predicted octanol–water partition coefficient (Wildman–Crippen LogP) is 6.17. The molecule has 0 amide bonds. The molecule has 0 bridgehead atoms. The maximum absolute atomic E-state index is 13.4. The number of azo groups is 1. The molecule has 0 saturated carbocycles. The molecule has 0 saturated heterocycles. The second-order valence-electron chi connectivity index (χ2n) is 7.20. The number of rotatable bonds is 7. The zero-order valence-electron chi connectivity index (χ0n) is 18.3. The summed E-state index contributed by atoms with van der Waals surface area (Å²) in [5, 5.41) is 14.2. The zero-order chi connectivity index (χ0) is 23.3. The highest BCUT2D eigenvalue weighted by Gasteiger charge is 2.19. The van der Waals surface area contributed by atoms with E-state index in [9.17, 15) is 4.79 Å². The number of ether oxygens (including phenoxy) is 1. The molecule has 5 aromatic rings. The standard InChI is InChI=1S/C25H20N6O2S/c1-2-33-21-13-7-6-12-19(21)28-29-23-22(18-11-8-14-26-15-18)30-31(24(23)32)25-27-20(16-34-25)17-9-4-3-5-10-17/h3-16,30H,2H2,1H3. The summed E-state index contributed by atoms with van der Waals surface area (Å²) < 4.78 is 7.02. The second kappa shape index (κ2) is 9.63. The van der Waals surface area contributed by atoms with Gasteiger partial charge < -0.3 is 4.74 Å². The van der Waals surface area contributed by atoms with Crippen LogP contribution in [-0.2, 0) is 0 Å². The van der Waals surface area contributed by atoms with Crippen molar-refractivity contribution in [3.05, 3.63) is 94.9 Å². The SMILES string of the molecule is CCOc1ccccc1N=Nc1c(-c2cccnc2)[nH]n(-c2nc(-c3ccccc3)cs2)c1=O. The molecule has 9 heteroatoms. The third kappa shape index (κ3) is 4.28. The van der Waals surface area contributed by atoms with Crippen LogP contribution in [0.25, 0.3) is 27.6 Å². The Morgan fingerprint density at radius 2 is 1.79 bits per heavy atom. The van der Waals surface area contributed by atoms with Gasteiger partial charge in [0.25, 0.3) is 0 Å². The smallest absolute Gasteiger partial charge is 0.301 e. The van der Waals surface area contributed by atoms with Crippen molar-refractivity contribution in [3.63, 3.8) is 0 Å². The van der Waals surface area contributed by atoms with Gasteiger partial charge in [-0.3, -0.25) is 14.9 Å². The monoisotopic (exact) mass is 468 g/mol. The van der Waals surface area contributed by atoms with Crippen molar-refractivity contribution < 1.29 is 4.74 Å². The van der Waals surface area contributed by atoms with Crippen LogP contribution in [0, 0.1) is 0 Å². The summed E-state index contributed by atoms with van der Waals surface area (Å²) in [6, 6.07) is 20.8. The third-order valence-electron chi connectivity index (χ3n) is 4.99. The molecule has 0 spiro atoms. The Balaban J connectivity index is 1.60. The Bertz CT molecular complexity index is 1490. The van der Waals surface area contributed by atoms with Crippen molar-refractivity contribution in [1.29, 1.82) is 0 Å². The second-order valence-corrected chi connectivity index (χ2v) is 8.04. The van der Waals surface area contributed by atoms with Gasteiger partial charge in [-0.1, -0.05) is 42.5 Å². The van der Waals surface area contributed by atoms with Crippen molar-refractivity contribution in [2.45, 2.75) is 6.92 Å². The normalized spacial score (nSPS) is 11.2. The summed E-state index contributed by atoms with van der Waals surface area (Å²) in [7, 11) is 0. The fourth-order valence-corrected chi connectivity index (χ4v) is 4.19. The Hall–Kier alpha value is -4.37. The van der Waals surface area contributed by atoms with Crippen LogP contribution >= 0.6 is 11.3 Å². The largest absolute Gasteiger partial charge is 0.492 e. The molecule has 34 heavy (non-hydrogen) atoms. The van der Waals surface area contributed by atoms with Gasteiger partial charge in [-0.2, -0.15) is 4.68 Å². The van der Waals surface area contributed by atoms with Gasteiger partial charge in [0.05, 0.1) is 18.0 Å². The van der Waals surface area contributed by atoms with E-state index in [1.54, 1.807) is 24.5 Å². The molecular weight excluding hydrogens is 448 g/mol. The average Bonchev–Trinajstić information content (AvgIpc) is 3.50. The van der Waals surface area contributed by atoms with Crippen molar-refractivity contribution in [2.75, 3.05) is 6.61 Å². The fourth-order valence-electron chi connectivity index (χ4n) is 3.40. The van der Waals surface area contributed by atoms with Gasteiger partial charge in [0, 0.05) is 28.9 Å². The molecule has 5 rings (SSSR count). The number of para-hydroxylation sites is 1. The third-order valence-corrected chi connectivity index (χ3v) is 5.82. The minimum atomic E-state index is -0.356. The van der Waals surface area contributed by atoms with Crippen molar-refractivity contribution >= 4 is 22.7 Å². The van der Waals surface area contributed by atoms with Crippen molar-refractivity contribution in [2.24, 2.45) is 10.2 Å². The van der Waals surface area contributed by atoms with Gasteiger partial charge >= 0.3 is 5.56 Å². The number of hydrogen-bond donors (Lipinski definition) is 1.